The lowest BCUT2D eigenvalue weighted by molar-refractivity contribution is 0.241. The van der Waals surface area contributed by atoms with Crippen molar-refractivity contribution in [1.29, 1.82) is 0 Å². The largest absolute Gasteiger partial charge is 0.497 e. The van der Waals surface area contributed by atoms with E-state index in [2.05, 4.69) is 39.5 Å². The molecule has 2 aromatic carbocycles. The Hall–Kier alpha value is -3.12. The molecule has 3 aromatic rings. The number of ether oxygens (including phenoxy) is 1. The summed E-state index contributed by atoms with van der Waals surface area (Å²) in [6.45, 7) is 6.63. The second kappa shape index (κ2) is 9.89. The van der Waals surface area contributed by atoms with Crippen molar-refractivity contribution in [3.8, 4) is 5.75 Å². The number of nitrogens with one attached hydrogen (secondary N) is 1. The Balaban J connectivity index is 0.00000117. The first-order chi connectivity index (χ1) is 14.2. The van der Waals surface area contributed by atoms with Gasteiger partial charge in [-0.15, -0.1) is 0 Å². The highest BCUT2D eigenvalue weighted by molar-refractivity contribution is 5.58. The van der Waals surface area contributed by atoms with Gasteiger partial charge in [0.25, 0.3) is 0 Å². The first-order valence-electron chi connectivity index (χ1n) is 10.0. The minimum absolute atomic E-state index is 0.515. The molecule has 0 amide bonds. The van der Waals surface area contributed by atoms with Crippen molar-refractivity contribution in [3.63, 3.8) is 0 Å². The average molecular weight is 392 g/mol. The van der Waals surface area contributed by atoms with E-state index in [0.29, 0.717) is 11.8 Å². The van der Waals surface area contributed by atoms with Gasteiger partial charge >= 0.3 is 0 Å². The average Bonchev–Trinajstić information content (AvgIpc) is 2.76. The van der Waals surface area contributed by atoms with Crippen LogP contribution in [-0.4, -0.2) is 28.5 Å². The minimum atomic E-state index is 0.515. The number of anilines is 3. The molecule has 0 spiro atoms. The number of rotatable bonds is 5. The zero-order chi connectivity index (χ0) is 20.6. The predicted octanol–water partition coefficient (Wildman–Crippen LogP) is 4.40. The van der Waals surface area contributed by atoms with E-state index in [-0.39, 0.29) is 0 Å². The molecule has 4 rings (SSSR count). The van der Waals surface area contributed by atoms with E-state index in [4.69, 9.17) is 15.5 Å². The number of aromatic nitrogens is 2. The molecule has 0 bridgehead atoms. The van der Waals surface area contributed by atoms with Crippen LogP contribution in [0.1, 0.15) is 30.7 Å². The van der Waals surface area contributed by atoms with E-state index in [9.17, 15) is 0 Å². The predicted molar refractivity (Wildman–Crippen MR) is 118 cm³/mol. The molecule has 1 aliphatic heterocycles. The van der Waals surface area contributed by atoms with Gasteiger partial charge in [-0.2, -0.15) is 4.98 Å². The van der Waals surface area contributed by atoms with Gasteiger partial charge in [0.2, 0.25) is 5.95 Å². The summed E-state index contributed by atoms with van der Waals surface area (Å²) in [5.41, 5.74) is 10.4. The lowest BCUT2D eigenvalue weighted by atomic mass is 10.0. The highest BCUT2D eigenvalue weighted by Gasteiger charge is 2.21. The lowest BCUT2D eigenvalue weighted by Gasteiger charge is -2.28. The third kappa shape index (κ3) is 5.23. The molecule has 1 aromatic heterocycles. The number of nitrogens with zero attached hydrogens (tertiary/aromatic N) is 3. The number of hydrogen-bond donors (Lipinski definition) is 2. The molecule has 6 heteroatoms. The van der Waals surface area contributed by atoms with Crippen LogP contribution < -0.4 is 15.8 Å². The van der Waals surface area contributed by atoms with Gasteiger partial charge in [-0.1, -0.05) is 50.2 Å². The number of nitrogen functional groups attached to an aromatic ring is 1. The maximum absolute atomic E-state index is 6.22. The quantitative estimate of drug-likeness (QED) is 0.671. The summed E-state index contributed by atoms with van der Waals surface area (Å²) in [5, 5.41) is 3.23. The van der Waals surface area contributed by atoms with E-state index in [1.807, 2.05) is 44.2 Å². The van der Waals surface area contributed by atoms with Crippen molar-refractivity contribution >= 4 is 17.5 Å². The summed E-state index contributed by atoms with van der Waals surface area (Å²) in [6, 6.07) is 18.2. The van der Waals surface area contributed by atoms with Crippen molar-refractivity contribution in [2.75, 3.05) is 24.7 Å². The Morgan fingerprint density at radius 2 is 1.86 bits per heavy atom. The van der Waals surface area contributed by atoms with Crippen LogP contribution in [-0.2, 0) is 19.5 Å². The number of fused-ring (bicyclic) bond motifs is 1. The van der Waals surface area contributed by atoms with Crippen LogP contribution in [0.25, 0.3) is 0 Å². The summed E-state index contributed by atoms with van der Waals surface area (Å²) in [4.78, 5) is 11.6. The van der Waals surface area contributed by atoms with Gasteiger partial charge < -0.3 is 15.8 Å². The van der Waals surface area contributed by atoms with Crippen LogP contribution >= 0.6 is 0 Å². The molecule has 0 saturated heterocycles. The van der Waals surface area contributed by atoms with E-state index in [1.54, 1.807) is 7.11 Å². The molecule has 0 saturated carbocycles. The maximum atomic E-state index is 6.22. The fraction of sp³-hybridized carbons (Fsp3) is 0.304. The van der Waals surface area contributed by atoms with Crippen LogP contribution in [0.15, 0.2) is 54.6 Å². The topological polar surface area (TPSA) is 76.3 Å². The standard InChI is InChI=1S/C21H23N5O.C2H6/c1-27-17-9-5-8-16(12-17)23-21-24-19-14-26(11-10-18(19)20(22)25-21)13-15-6-3-2-4-7-15;1-2/h2-9,12H,10-11,13-14H2,1H3,(H3,22,23,24,25);1-2H3. The fourth-order valence-electron chi connectivity index (χ4n) is 3.38. The highest BCUT2D eigenvalue weighted by Crippen LogP contribution is 2.26. The third-order valence-corrected chi connectivity index (χ3v) is 4.75. The molecule has 0 aliphatic carbocycles. The monoisotopic (exact) mass is 391 g/mol. The molecule has 0 fully saturated rings. The SMILES string of the molecule is CC.COc1cccc(Nc2nc(N)c3c(n2)CN(Cc2ccccc2)CC3)c1. The molecule has 0 atom stereocenters. The fourth-order valence-corrected chi connectivity index (χ4v) is 3.38. The first kappa shape index (κ1) is 20.6. The summed E-state index contributed by atoms with van der Waals surface area (Å²) in [6.07, 6.45) is 0.868. The van der Waals surface area contributed by atoms with Crippen LogP contribution in [0.5, 0.6) is 5.75 Å². The molecule has 6 nitrogen and oxygen atoms in total. The van der Waals surface area contributed by atoms with E-state index >= 15 is 0 Å². The van der Waals surface area contributed by atoms with Gasteiger partial charge in [-0.3, -0.25) is 4.90 Å². The minimum Gasteiger partial charge on any atom is -0.497 e. The molecule has 0 radical (unpaired) electrons. The number of methoxy groups -OCH3 is 1. The van der Waals surface area contributed by atoms with Crippen molar-refractivity contribution in [2.24, 2.45) is 0 Å². The third-order valence-electron chi connectivity index (χ3n) is 4.75. The Labute approximate surface area is 172 Å². The van der Waals surface area contributed by atoms with E-state index in [1.165, 1.54) is 5.56 Å². The zero-order valence-corrected chi connectivity index (χ0v) is 17.4. The summed E-state index contributed by atoms with van der Waals surface area (Å²) in [5.74, 6) is 1.85. The maximum Gasteiger partial charge on any atom is 0.229 e. The zero-order valence-electron chi connectivity index (χ0n) is 17.4. The van der Waals surface area contributed by atoms with Crippen LogP contribution in [0.4, 0.5) is 17.5 Å². The van der Waals surface area contributed by atoms with Crippen molar-refractivity contribution in [2.45, 2.75) is 33.4 Å². The molecule has 152 valence electrons. The summed E-state index contributed by atoms with van der Waals surface area (Å²) in [7, 11) is 1.65. The Morgan fingerprint density at radius 1 is 1.07 bits per heavy atom. The molecule has 29 heavy (non-hydrogen) atoms. The summed E-state index contributed by atoms with van der Waals surface area (Å²) >= 11 is 0. The Morgan fingerprint density at radius 3 is 2.62 bits per heavy atom. The van der Waals surface area contributed by atoms with Gasteiger partial charge in [-0.05, 0) is 24.1 Å². The number of benzene rings is 2. The Kier molecular flexibility index (Phi) is 7.03. The molecular weight excluding hydrogens is 362 g/mol. The number of hydrogen-bond acceptors (Lipinski definition) is 6. The van der Waals surface area contributed by atoms with Gasteiger partial charge in [0.1, 0.15) is 11.6 Å². The normalized spacial score (nSPS) is 13.1. The summed E-state index contributed by atoms with van der Waals surface area (Å²) < 4.78 is 5.27. The van der Waals surface area contributed by atoms with Gasteiger partial charge in [0, 0.05) is 37.0 Å². The smallest absolute Gasteiger partial charge is 0.229 e. The second-order valence-corrected chi connectivity index (χ2v) is 6.66. The van der Waals surface area contributed by atoms with E-state index in [0.717, 1.165) is 48.7 Å². The number of nitrogens with two attached hydrogens (primary N) is 1. The van der Waals surface area contributed by atoms with Crippen LogP contribution in [0.2, 0.25) is 0 Å². The van der Waals surface area contributed by atoms with Crippen molar-refractivity contribution < 1.29 is 4.74 Å². The molecule has 1 aliphatic rings. The van der Waals surface area contributed by atoms with Crippen LogP contribution in [0.3, 0.4) is 0 Å². The molecular formula is C23H29N5O. The second-order valence-electron chi connectivity index (χ2n) is 6.66. The van der Waals surface area contributed by atoms with Gasteiger partial charge in [0.05, 0.1) is 12.8 Å². The highest BCUT2D eigenvalue weighted by atomic mass is 16.5. The van der Waals surface area contributed by atoms with Gasteiger partial charge in [0.15, 0.2) is 0 Å². The van der Waals surface area contributed by atoms with Crippen LogP contribution in [0, 0.1) is 0 Å². The Bertz CT molecular complexity index is 930. The molecule has 0 unspecified atom stereocenters. The molecule has 2 heterocycles. The molecule has 3 N–H and O–H groups in total. The first-order valence-corrected chi connectivity index (χ1v) is 10.0. The van der Waals surface area contributed by atoms with Crippen molar-refractivity contribution in [1.82, 2.24) is 14.9 Å². The van der Waals surface area contributed by atoms with Crippen molar-refractivity contribution in [3.05, 3.63) is 71.4 Å². The lowest BCUT2D eigenvalue weighted by Crippen LogP contribution is -2.31. The van der Waals surface area contributed by atoms with E-state index < -0.39 is 0 Å². The van der Waals surface area contributed by atoms with Gasteiger partial charge in [-0.25, -0.2) is 4.98 Å².